The fourth-order valence-electron chi connectivity index (χ4n) is 1.82. The molecule has 0 atom stereocenters. The number of carbonyl (C=O) groups excluding carboxylic acids is 1. The summed E-state index contributed by atoms with van der Waals surface area (Å²) in [5.41, 5.74) is 1.79. The van der Waals surface area contributed by atoms with Crippen molar-refractivity contribution in [2.24, 2.45) is 0 Å². The van der Waals surface area contributed by atoms with Crippen LogP contribution in [0.3, 0.4) is 0 Å². The molecule has 0 spiro atoms. The molecular weight excluding hydrogens is 322 g/mol. The van der Waals surface area contributed by atoms with E-state index in [0.717, 1.165) is 11.0 Å². The van der Waals surface area contributed by atoms with Crippen LogP contribution in [-0.4, -0.2) is 13.7 Å². The Kier molecular flexibility index (Phi) is 5.00. The lowest BCUT2D eigenvalue weighted by molar-refractivity contribution is -0.106. The molecule has 22 heavy (non-hydrogen) atoms. The largest absolute Gasteiger partial charge is 0.280 e. The van der Waals surface area contributed by atoms with Crippen LogP contribution in [0.4, 0.5) is 5.69 Å². The number of aryl methyl sites for hydroxylation is 1. The molecule has 2 aromatic rings. The first kappa shape index (κ1) is 16.3. The van der Waals surface area contributed by atoms with E-state index in [2.05, 4.69) is 4.72 Å². The standard InChI is InChI=1S/C16H14ClNO3S/c1-12-7-9-14(10-8-12)18-22(20,21)11-15(16(17)19)13-5-3-2-4-6-13/h2-11,18H,1H3. The predicted octanol–water partition coefficient (Wildman–Crippen LogP) is 3.54. The molecule has 4 nitrogen and oxygen atoms in total. The fourth-order valence-corrected chi connectivity index (χ4v) is 3.12. The number of rotatable bonds is 5. The quantitative estimate of drug-likeness (QED) is 0.671. The van der Waals surface area contributed by atoms with Crippen LogP contribution >= 0.6 is 11.6 Å². The van der Waals surface area contributed by atoms with Crippen molar-refractivity contribution in [3.05, 3.63) is 71.1 Å². The van der Waals surface area contributed by atoms with E-state index in [1.165, 1.54) is 0 Å². The molecule has 6 heteroatoms. The molecule has 0 bridgehead atoms. The Labute approximate surface area is 134 Å². The molecule has 0 aliphatic heterocycles. The van der Waals surface area contributed by atoms with Gasteiger partial charge in [-0.2, -0.15) is 0 Å². The highest BCUT2D eigenvalue weighted by Crippen LogP contribution is 2.20. The molecule has 0 saturated carbocycles. The Hall–Kier alpha value is -2.11. The zero-order chi connectivity index (χ0) is 16.2. The lowest BCUT2D eigenvalue weighted by Gasteiger charge is -2.07. The van der Waals surface area contributed by atoms with Crippen LogP contribution in [0, 0.1) is 6.92 Å². The van der Waals surface area contributed by atoms with Crippen LogP contribution in [-0.2, 0) is 14.8 Å². The molecule has 0 aliphatic rings. The van der Waals surface area contributed by atoms with Gasteiger partial charge >= 0.3 is 0 Å². The van der Waals surface area contributed by atoms with Crippen LogP contribution in [0.25, 0.3) is 5.57 Å². The number of allylic oxidation sites excluding steroid dienone is 1. The zero-order valence-corrected chi connectivity index (χ0v) is 13.4. The summed E-state index contributed by atoms with van der Waals surface area (Å²) >= 11 is 5.51. The van der Waals surface area contributed by atoms with Gasteiger partial charge in [0.2, 0.25) is 0 Å². The first-order valence-corrected chi connectivity index (χ1v) is 8.36. The van der Waals surface area contributed by atoms with Gasteiger partial charge in [-0.15, -0.1) is 0 Å². The van der Waals surface area contributed by atoms with Gasteiger partial charge in [0.05, 0.1) is 11.0 Å². The van der Waals surface area contributed by atoms with Crippen molar-refractivity contribution in [2.75, 3.05) is 4.72 Å². The van der Waals surface area contributed by atoms with E-state index in [1.54, 1.807) is 54.6 Å². The average molecular weight is 336 g/mol. The van der Waals surface area contributed by atoms with Gasteiger partial charge in [-0.1, -0.05) is 48.0 Å². The monoisotopic (exact) mass is 335 g/mol. The number of nitrogens with one attached hydrogen (secondary N) is 1. The molecule has 0 radical (unpaired) electrons. The Bertz CT molecular complexity index is 797. The van der Waals surface area contributed by atoms with Crippen molar-refractivity contribution >= 4 is 38.1 Å². The van der Waals surface area contributed by atoms with Crippen LogP contribution in [0.2, 0.25) is 0 Å². The van der Waals surface area contributed by atoms with E-state index >= 15 is 0 Å². The lowest BCUT2D eigenvalue weighted by atomic mass is 10.1. The van der Waals surface area contributed by atoms with Crippen molar-refractivity contribution in [3.8, 4) is 0 Å². The van der Waals surface area contributed by atoms with Crippen LogP contribution in [0.1, 0.15) is 11.1 Å². The van der Waals surface area contributed by atoms with Crippen molar-refractivity contribution in [1.29, 1.82) is 0 Å². The van der Waals surface area contributed by atoms with E-state index in [4.69, 9.17) is 11.6 Å². The van der Waals surface area contributed by atoms with Crippen LogP contribution < -0.4 is 4.72 Å². The molecule has 2 aromatic carbocycles. The maximum absolute atomic E-state index is 12.2. The predicted molar refractivity (Wildman–Crippen MR) is 89.0 cm³/mol. The Morgan fingerprint density at radius 1 is 1.05 bits per heavy atom. The van der Waals surface area contributed by atoms with Gasteiger partial charge in [0, 0.05) is 5.69 Å². The van der Waals surface area contributed by atoms with Gasteiger partial charge in [0.25, 0.3) is 15.3 Å². The third-order valence-electron chi connectivity index (χ3n) is 2.88. The minimum absolute atomic E-state index is 0.0816. The van der Waals surface area contributed by atoms with Crippen molar-refractivity contribution in [3.63, 3.8) is 0 Å². The number of carbonyl (C=O) groups is 1. The van der Waals surface area contributed by atoms with Gasteiger partial charge in [0.15, 0.2) is 0 Å². The molecule has 0 unspecified atom stereocenters. The fraction of sp³-hybridized carbons (Fsp3) is 0.0625. The average Bonchev–Trinajstić information content (AvgIpc) is 2.48. The van der Waals surface area contributed by atoms with Crippen molar-refractivity contribution < 1.29 is 13.2 Å². The van der Waals surface area contributed by atoms with Gasteiger partial charge in [0.1, 0.15) is 0 Å². The molecule has 0 aliphatic carbocycles. The van der Waals surface area contributed by atoms with Gasteiger partial charge in [-0.05, 0) is 36.2 Å². The van der Waals surface area contributed by atoms with Crippen LogP contribution in [0.15, 0.2) is 60.0 Å². The van der Waals surface area contributed by atoms with E-state index < -0.39 is 15.3 Å². The normalized spacial score (nSPS) is 12.0. The summed E-state index contributed by atoms with van der Waals surface area (Å²) in [6.07, 6.45) is 0. The van der Waals surface area contributed by atoms with Gasteiger partial charge in [-0.3, -0.25) is 9.52 Å². The molecule has 0 heterocycles. The second-order valence-corrected chi connectivity index (χ2v) is 6.56. The number of halogens is 1. The Morgan fingerprint density at radius 3 is 2.18 bits per heavy atom. The van der Waals surface area contributed by atoms with E-state index in [-0.39, 0.29) is 5.57 Å². The van der Waals surface area contributed by atoms with Crippen molar-refractivity contribution in [1.82, 2.24) is 0 Å². The highest BCUT2D eigenvalue weighted by Gasteiger charge is 2.15. The second kappa shape index (κ2) is 6.77. The summed E-state index contributed by atoms with van der Waals surface area (Å²) in [6, 6.07) is 15.3. The molecule has 0 fully saturated rings. The topological polar surface area (TPSA) is 63.2 Å². The van der Waals surface area contributed by atoms with Gasteiger partial charge in [-0.25, -0.2) is 8.42 Å². The second-order valence-electron chi connectivity index (χ2n) is 4.68. The molecular formula is C16H14ClNO3S. The van der Waals surface area contributed by atoms with Crippen LogP contribution in [0.5, 0.6) is 0 Å². The minimum Gasteiger partial charge on any atom is -0.280 e. The van der Waals surface area contributed by atoms with Crippen molar-refractivity contribution in [2.45, 2.75) is 6.92 Å². The molecule has 2 rings (SSSR count). The molecule has 0 aromatic heterocycles. The third-order valence-corrected chi connectivity index (χ3v) is 4.15. The molecule has 1 N–H and O–H groups in total. The smallest absolute Gasteiger partial charge is 0.255 e. The number of hydrogen-bond acceptors (Lipinski definition) is 3. The summed E-state index contributed by atoms with van der Waals surface area (Å²) < 4.78 is 26.7. The zero-order valence-electron chi connectivity index (χ0n) is 11.8. The maximum atomic E-state index is 12.2. The first-order chi connectivity index (χ1) is 10.4. The number of benzene rings is 2. The summed E-state index contributed by atoms with van der Waals surface area (Å²) in [5, 5.41) is 0.0119. The SMILES string of the molecule is Cc1ccc(NS(=O)(=O)C=C(C(=O)Cl)c2ccccc2)cc1. The maximum Gasteiger partial charge on any atom is 0.255 e. The Balaban J connectivity index is 2.34. The lowest BCUT2D eigenvalue weighted by Crippen LogP contribution is -2.11. The molecule has 0 saturated heterocycles. The summed E-state index contributed by atoms with van der Waals surface area (Å²) in [7, 11) is -3.86. The number of sulfonamides is 1. The Morgan fingerprint density at radius 2 is 1.64 bits per heavy atom. The first-order valence-electron chi connectivity index (χ1n) is 6.44. The highest BCUT2D eigenvalue weighted by molar-refractivity contribution is 7.95. The number of hydrogen-bond donors (Lipinski definition) is 1. The minimum atomic E-state index is -3.86. The summed E-state index contributed by atoms with van der Waals surface area (Å²) in [5.74, 6) is 0. The number of anilines is 1. The third kappa shape index (κ3) is 4.44. The van der Waals surface area contributed by atoms with E-state index in [1.807, 2.05) is 6.92 Å². The van der Waals surface area contributed by atoms with Gasteiger partial charge < -0.3 is 0 Å². The van der Waals surface area contributed by atoms with E-state index in [0.29, 0.717) is 11.3 Å². The highest BCUT2D eigenvalue weighted by atomic mass is 35.5. The van der Waals surface area contributed by atoms with E-state index in [9.17, 15) is 13.2 Å². The molecule has 0 amide bonds. The molecule has 114 valence electrons. The summed E-state index contributed by atoms with van der Waals surface area (Å²) in [4.78, 5) is 11.5. The summed E-state index contributed by atoms with van der Waals surface area (Å²) in [6.45, 7) is 1.90.